The van der Waals surface area contributed by atoms with Crippen LogP contribution in [0.15, 0.2) is 0 Å². The standard InChI is InChI=1S/C6H10N2O4/c1-12-5(10)3-2-4(9)8-6(7)11/h2-3H2,1H3,(H3,7,8,9,11). The summed E-state index contributed by atoms with van der Waals surface area (Å²) < 4.78 is 4.27. The highest BCUT2D eigenvalue weighted by Crippen LogP contribution is 1.90. The number of carbonyl (C=O) groups excluding carboxylic acids is 3. The van der Waals surface area contributed by atoms with E-state index in [0.29, 0.717) is 0 Å². The van der Waals surface area contributed by atoms with E-state index in [2.05, 4.69) is 10.5 Å². The van der Waals surface area contributed by atoms with Crippen LogP contribution < -0.4 is 11.1 Å². The number of rotatable bonds is 3. The Balaban J connectivity index is 3.57. The molecule has 0 radical (unpaired) electrons. The second kappa shape index (κ2) is 5.11. The first-order chi connectivity index (χ1) is 5.56. The molecule has 0 aromatic carbocycles. The Morgan fingerprint density at radius 1 is 1.33 bits per heavy atom. The number of methoxy groups -OCH3 is 1. The summed E-state index contributed by atoms with van der Waals surface area (Å²) in [6.45, 7) is 0. The quantitative estimate of drug-likeness (QED) is 0.543. The van der Waals surface area contributed by atoms with Gasteiger partial charge in [0.25, 0.3) is 0 Å². The van der Waals surface area contributed by atoms with Gasteiger partial charge in [0, 0.05) is 6.42 Å². The van der Waals surface area contributed by atoms with Gasteiger partial charge in [-0.15, -0.1) is 0 Å². The molecule has 0 saturated heterocycles. The first-order valence-electron chi connectivity index (χ1n) is 3.22. The first-order valence-corrected chi connectivity index (χ1v) is 3.22. The van der Waals surface area contributed by atoms with Gasteiger partial charge < -0.3 is 10.5 Å². The number of hydrogen-bond donors (Lipinski definition) is 2. The van der Waals surface area contributed by atoms with Crippen molar-refractivity contribution in [1.29, 1.82) is 0 Å². The van der Waals surface area contributed by atoms with Crippen LogP contribution in [0.4, 0.5) is 4.79 Å². The van der Waals surface area contributed by atoms with Crippen molar-refractivity contribution in [3.8, 4) is 0 Å². The van der Waals surface area contributed by atoms with E-state index in [0.717, 1.165) is 0 Å². The number of nitrogens with two attached hydrogens (primary N) is 1. The lowest BCUT2D eigenvalue weighted by Crippen LogP contribution is -2.35. The molecule has 0 rings (SSSR count). The molecule has 6 heteroatoms. The normalized spacial score (nSPS) is 8.75. The van der Waals surface area contributed by atoms with Crippen LogP contribution in [0.2, 0.25) is 0 Å². The van der Waals surface area contributed by atoms with Gasteiger partial charge in [0.15, 0.2) is 0 Å². The van der Waals surface area contributed by atoms with Gasteiger partial charge in [-0.3, -0.25) is 14.9 Å². The molecule has 3 amide bonds. The Hall–Kier alpha value is -1.59. The fourth-order valence-electron chi connectivity index (χ4n) is 0.518. The highest BCUT2D eigenvalue weighted by Gasteiger charge is 2.07. The van der Waals surface area contributed by atoms with Crippen LogP contribution in [0.25, 0.3) is 0 Å². The molecule has 0 aromatic rings. The van der Waals surface area contributed by atoms with E-state index in [1.54, 1.807) is 0 Å². The number of urea groups is 1. The van der Waals surface area contributed by atoms with Gasteiger partial charge in [-0.25, -0.2) is 4.79 Å². The van der Waals surface area contributed by atoms with E-state index in [1.807, 2.05) is 5.32 Å². The molecule has 0 saturated carbocycles. The van der Waals surface area contributed by atoms with Crippen LogP contribution >= 0.6 is 0 Å². The summed E-state index contributed by atoms with van der Waals surface area (Å²) in [7, 11) is 1.22. The van der Waals surface area contributed by atoms with Gasteiger partial charge in [-0.2, -0.15) is 0 Å². The Morgan fingerprint density at radius 2 is 1.92 bits per heavy atom. The van der Waals surface area contributed by atoms with Crippen LogP contribution in [-0.2, 0) is 14.3 Å². The maximum absolute atomic E-state index is 10.7. The molecule has 0 aliphatic carbocycles. The Labute approximate surface area is 69.1 Å². The minimum Gasteiger partial charge on any atom is -0.469 e. The first kappa shape index (κ1) is 10.4. The van der Waals surface area contributed by atoms with Crippen molar-refractivity contribution in [3.63, 3.8) is 0 Å². The van der Waals surface area contributed by atoms with E-state index in [-0.39, 0.29) is 12.8 Å². The van der Waals surface area contributed by atoms with Crippen LogP contribution in [0.5, 0.6) is 0 Å². The zero-order valence-corrected chi connectivity index (χ0v) is 6.62. The van der Waals surface area contributed by atoms with Gasteiger partial charge >= 0.3 is 12.0 Å². The lowest BCUT2D eigenvalue weighted by molar-refractivity contribution is -0.142. The third-order valence-electron chi connectivity index (χ3n) is 1.05. The van der Waals surface area contributed by atoms with Crippen molar-refractivity contribution < 1.29 is 19.1 Å². The highest BCUT2D eigenvalue weighted by molar-refractivity contribution is 5.94. The van der Waals surface area contributed by atoms with Crippen LogP contribution in [-0.4, -0.2) is 25.0 Å². The molecule has 0 aromatic heterocycles. The van der Waals surface area contributed by atoms with Gasteiger partial charge in [-0.05, 0) is 0 Å². The third-order valence-corrected chi connectivity index (χ3v) is 1.05. The summed E-state index contributed by atoms with van der Waals surface area (Å²) >= 11 is 0. The molecule has 68 valence electrons. The van der Waals surface area contributed by atoms with Crippen molar-refractivity contribution in [1.82, 2.24) is 5.32 Å². The summed E-state index contributed by atoms with van der Waals surface area (Å²) in [6, 6.07) is -0.926. The molecule has 12 heavy (non-hydrogen) atoms. The minimum absolute atomic E-state index is 0.0599. The second-order valence-corrected chi connectivity index (χ2v) is 1.99. The van der Waals surface area contributed by atoms with E-state index < -0.39 is 17.9 Å². The lowest BCUT2D eigenvalue weighted by atomic mass is 10.3. The number of primary amides is 1. The summed E-state index contributed by atoms with van der Waals surface area (Å²) in [4.78, 5) is 31.2. The van der Waals surface area contributed by atoms with Gasteiger partial charge in [0.2, 0.25) is 5.91 Å². The zero-order chi connectivity index (χ0) is 9.56. The number of amides is 3. The molecule has 0 aliphatic heterocycles. The van der Waals surface area contributed by atoms with E-state index in [9.17, 15) is 14.4 Å². The number of nitrogens with one attached hydrogen (secondary N) is 1. The molecule has 0 heterocycles. The Kier molecular flexibility index (Phi) is 4.43. The van der Waals surface area contributed by atoms with Crippen LogP contribution in [0.3, 0.4) is 0 Å². The summed E-state index contributed by atoms with van der Waals surface area (Å²) in [5.41, 5.74) is 4.65. The number of imide groups is 1. The van der Waals surface area contributed by atoms with Crippen LogP contribution in [0, 0.1) is 0 Å². The maximum Gasteiger partial charge on any atom is 0.318 e. The number of esters is 1. The van der Waals surface area contributed by atoms with E-state index >= 15 is 0 Å². The highest BCUT2D eigenvalue weighted by atomic mass is 16.5. The average molecular weight is 174 g/mol. The molecule has 0 unspecified atom stereocenters. The molecule has 0 fully saturated rings. The molecular weight excluding hydrogens is 164 g/mol. The molecule has 0 spiro atoms. The molecule has 0 atom stereocenters. The lowest BCUT2D eigenvalue weighted by Gasteiger charge is -1.98. The van der Waals surface area contributed by atoms with Crippen molar-refractivity contribution in [2.75, 3.05) is 7.11 Å². The van der Waals surface area contributed by atoms with Crippen molar-refractivity contribution in [3.05, 3.63) is 0 Å². The largest absolute Gasteiger partial charge is 0.469 e. The van der Waals surface area contributed by atoms with Gasteiger partial charge in [0.05, 0.1) is 13.5 Å². The summed E-state index contributed by atoms with van der Waals surface area (Å²) in [5, 5.41) is 1.81. The minimum atomic E-state index is -0.926. The Morgan fingerprint density at radius 3 is 2.33 bits per heavy atom. The predicted molar refractivity (Wildman–Crippen MR) is 39.0 cm³/mol. The smallest absolute Gasteiger partial charge is 0.318 e. The number of carbonyl (C=O) groups is 3. The van der Waals surface area contributed by atoms with Gasteiger partial charge in [0.1, 0.15) is 0 Å². The molecule has 0 aliphatic rings. The second-order valence-electron chi connectivity index (χ2n) is 1.99. The summed E-state index contributed by atoms with van der Waals surface area (Å²) in [6.07, 6.45) is -0.161. The molecule has 6 nitrogen and oxygen atoms in total. The Bertz CT molecular complexity index is 202. The average Bonchev–Trinajstić information content (AvgIpc) is 1.99. The number of ether oxygens (including phenoxy) is 1. The van der Waals surface area contributed by atoms with Crippen molar-refractivity contribution >= 4 is 17.9 Å². The monoisotopic (exact) mass is 174 g/mol. The third kappa shape index (κ3) is 5.21. The zero-order valence-electron chi connectivity index (χ0n) is 6.62. The fraction of sp³-hybridized carbons (Fsp3) is 0.500. The van der Waals surface area contributed by atoms with Crippen LogP contribution in [0.1, 0.15) is 12.8 Å². The fourth-order valence-corrected chi connectivity index (χ4v) is 0.518. The number of hydrogen-bond acceptors (Lipinski definition) is 4. The molecule has 3 N–H and O–H groups in total. The SMILES string of the molecule is COC(=O)CCC(=O)NC(N)=O. The topological polar surface area (TPSA) is 98.5 Å². The molecule has 0 bridgehead atoms. The molecular formula is C6H10N2O4. The van der Waals surface area contributed by atoms with Gasteiger partial charge in [-0.1, -0.05) is 0 Å². The van der Waals surface area contributed by atoms with E-state index in [1.165, 1.54) is 7.11 Å². The summed E-state index contributed by atoms with van der Waals surface area (Å²) in [5.74, 6) is -1.09. The van der Waals surface area contributed by atoms with Crippen molar-refractivity contribution in [2.45, 2.75) is 12.8 Å². The predicted octanol–water partition coefficient (Wildman–Crippen LogP) is -0.865. The van der Waals surface area contributed by atoms with E-state index in [4.69, 9.17) is 0 Å². The maximum atomic E-state index is 10.7. The van der Waals surface area contributed by atoms with Crippen molar-refractivity contribution in [2.24, 2.45) is 5.73 Å².